The molecule has 1 N–H and O–H groups in total. The van der Waals surface area contributed by atoms with Gasteiger partial charge in [-0.15, -0.1) is 0 Å². The normalized spacial score (nSPS) is 14.6. The van der Waals surface area contributed by atoms with Gasteiger partial charge in [0.05, 0.1) is 12.2 Å². The van der Waals surface area contributed by atoms with Crippen molar-refractivity contribution in [3.05, 3.63) is 72.0 Å². The highest BCUT2D eigenvalue weighted by molar-refractivity contribution is 6.30. The van der Waals surface area contributed by atoms with E-state index in [1.807, 2.05) is 30.3 Å². The zero-order valence-corrected chi connectivity index (χ0v) is 18.1. The number of rotatable bonds is 5. The number of carbonyl (C=O) groups is 1. The van der Waals surface area contributed by atoms with Gasteiger partial charge in [0, 0.05) is 48.5 Å². The second kappa shape index (κ2) is 8.94. The number of hydrogen-bond donors (Lipinski definition) is 1. The Kier molecular flexibility index (Phi) is 5.70. The van der Waals surface area contributed by atoms with Crippen LogP contribution in [0.1, 0.15) is 0 Å². The summed E-state index contributed by atoms with van der Waals surface area (Å²) in [7, 11) is 0. The van der Waals surface area contributed by atoms with Crippen LogP contribution in [0, 0.1) is 0 Å². The van der Waals surface area contributed by atoms with Crippen LogP contribution in [0.25, 0.3) is 17.0 Å². The molecule has 0 radical (unpaired) electrons. The first-order chi connectivity index (χ1) is 15.7. The molecule has 0 saturated carbocycles. The third-order valence-electron chi connectivity index (χ3n) is 5.49. The SMILES string of the molecule is O=C(CN1CCN(c2cc(-c3ccccc3)nc3ncnn23)CC1)Nc1ccc(Cl)cc1. The first-order valence-corrected chi connectivity index (χ1v) is 10.8. The summed E-state index contributed by atoms with van der Waals surface area (Å²) in [4.78, 5) is 25.8. The van der Waals surface area contributed by atoms with Gasteiger partial charge in [-0.3, -0.25) is 9.69 Å². The lowest BCUT2D eigenvalue weighted by molar-refractivity contribution is -0.117. The average Bonchev–Trinajstić information content (AvgIpc) is 3.30. The molecular formula is C23H22ClN7O. The van der Waals surface area contributed by atoms with E-state index in [1.165, 1.54) is 6.33 Å². The predicted molar refractivity (Wildman–Crippen MR) is 125 cm³/mol. The maximum absolute atomic E-state index is 12.4. The number of nitrogens with zero attached hydrogens (tertiary/aromatic N) is 6. The number of hydrogen-bond acceptors (Lipinski definition) is 6. The first kappa shape index (κ1) is 20.4. The number of piperazine rings is 1. The predicted octanol–water partition coefficient (Wildman–Crippen LogP) is 3.21. The fraction of sp³-hybridized carbons (Fsp3) is 0.217. The molecule has 1 aliphatic heterocycles. The van der Waals surface area contributed by atoms with Crippen molar-refractivity contribution < 1.29 is 4.79 Å². The number of nitrogens with one attached hydrogen (secondary N) is 1. The van der Waals surface area contributed by atoms with Gasteiger partial charge in [-0.2, -0.15) is 14.6 Å². The van der Waals surface area contributed by atoms with Gasteiger partial charge in [0.15, 0.2) is 0 Å². The molecule has 2 aromatic heterocycles. The van der Waals surface area contributed by atoms with Crippen molar-refractivity contribution in [1.29, 1.82) is 0 Å². The smallest absolute Gasteiger partial charge is 0.254 e. The first-order valence-electron chi connectivity index (χ1n) is 10.4. The molecular weight excluding hydrogens is 426 g/mol. The zero-order valence-electron chi connectivity index (χ0n) is 17.4. The Labute approximate surface area is 190 Å². The van der Waals surface area contributed by atoms with E-state index in [2.05, 4.69) is 36.2 Å². The highest BCUT2D eigenvalue weighted by Crippen LogP contribution is 2.24. The number of amides is 1. The quantitative estimate of drug-likeness (QED) is 0.506. The molecule has 162 valence electrons. The van der Waals surface area contributed by atoms with Crippen molar-refractivity contribution in [2.75, 3.05) is 42.9 Å². The van der Waals surface area contributed by atoms with Gasteiger partial charge >= 0.3 is 0 Å². The summed E-state index contributed by atoms with van der Waals surface area (Å²) in [5.41, 5.74) is 2.65. The summed E-state index contributed by atoms with van der Waals surface area (Å²) >= 11 is 5.90. The van der Waals surface area contributed by atoms with E-state index in [0.29, 0.717) is 17.3 Å². The van der Waals surface area contributed by atoms with Crippen LogP contribution in [-0.4, -0.2) is 63.1 Å². The summed E-state index contributed by atoms with van der Waals surface area (Å²) < 4.78 is 1.77. The number of anilines is 2. The zero-order chi connectivity index (χ0) is 21.9. The molecule has 0 aliphatic carbocycles. The molecule has 0 unspecified atom stereocenters. The van der Waals surface area contributed by atoms with E-state index in [4.69, 9.17) is 11.6 Å². The molecule has 3 heterocycles. The number of carbonyl (C=O) groups excluding carboxylic acids is 1. The van der Waals surface area contributed by atoms with E-state index >= 15 is 0 Å². The van der Waals surface area contributed by atoms with E-state index in [0.717, 1.165) is 48.9 Å². The lowest BCUT2D eigenvalue weighted by Gasteiger charge is -2.35. The Balaban J connectivity index is 1.26. The van der Waals surface area contributed by atoms with E-state index in [9.17, 15) is 4.79 Å². The molecule has 0 atom stereocenters. The summed E-state index contributed by atoms with van der Waals surface area (Å²) in [5, 5.41) is 7.93. The Morgan fingerprint density at radius 1 is 1.00 bits per heavy atom. The van der Waals surface area contributed by atoms with Crippen molar-refractivity contribution in [1.82, 2.24) is 24.5 Å². The van der Waals surface area contributed by atoms with Gasteiger partial charge in [0.2, 0.25) is 5.91 Å². The summed E-state index contributed by atoms with van der Waals surface area (Å²) in [5.74, 6) is 1.50. The molecule has 8 nitrogen and oxygen atoms in total. The molecule has 32 heavy (non-hydrogen) atoms. The summed E-state index contributed by atoms with van der Waals surface area (Å²) in [6.45, 7) is 3.45. The third kappa shape index (κ3) is 4.42. The fourth-order valence-corrected chi connectivity index (χ4v) is 3.98. The van der Waals surface area contributed by atoms with Gasteiger partial charge in [-0.1, -0.05) is 41.9 Å². The van der Waals surface area contributed by atoms with E-state index < -0.39 is 0 Å². The largest absolute Gasteiger partial charge is 0.354 e. The van der Waals surface area contributed by atoms with Crippen LogP contribution in [0.3, 0.4) is 0 Å². The van der Waals surface area contributed by atoms with Crippen LogP contribution in [0.15, 0.2) is 67.0 Å². The Bertz CT molecular complexity index is 1220. The molecule has 2 aromatic carbocycles. The topological polar surface area (TPSA) is 78.7 Å². The second-order valence-electron chi connectivity index (χ2n) is 7.66. The van der Waals surface area contributed by atoms with Crippen molar-refractivity contribution in [3.8, 4) is 11.3 Å². The molecule has 1 fully saturated rings. The molecule has 1 amide bonds. The second-order valence-corrected chi connectivity index (χ2v) is 8.09. The minimum absolute atomic E-state index is 0.0327. The maximum Gasteiger partial charge on any atom is 0.254 e. The molecule has 9 heteroatoms. The number of fused-ring (bicyclic) bond motifs is 1. The van der Waals surface area contributed by atoms with Crippen molar-refractivity contribution in [3.63, 3.8) is 0 Å². The third-order valence-corrected chi connectivity index (χ3v) is 5.75. The van der Waals surface area contributed by atoms with Crippen molar-refractivity contribution in [2.24, 2.45) is 0 Å². The molecule has 1 saturated heterocycles. The molecule has 5 rings (SSSR count). The van der Waals surface area contributed by atoms with Crippen molar-refractivity contribution >= 4 is 34.8 Å². The van der Waals surface area contributed by atoms with Crippen molar-refractivity contribution in [2.45, 2.75) is 0 Å². The number of benzene rings is 2. The van der Waals surface area contributed by atoms with Crippen LogP contribution in [0.4, 0.5) is 11.5 Å². The highest BCUT2D eigenvalue weighted by Gasteiger charge is 2.22. The minimum Gasteiger partial charge on any atom is -0.354 e. The Hall–Kier alpha value is -3.49. The van der Waals surface area contributed by atoms with E-state index in [1.54, 1.807) is 28.8 Å². The monoisotopic (exact) mass is 447 g/mol. The molecule has 1 aliphatic rings. The Morgan fingerprint density at radius 2 is 1.75 bits per heavy atom. The summed E-state index contributed by atoms with van der Waals surface area (Å²) in [6.07, 6.45) is 1.53. The van der Waals surface area contributed by atoms with Crippen LogP contribution in [-0.2, 0) is 4.79 Å². The lowest BCUT2D eigenvalue weighted by Crippen LogP contribution is -2.49. The van der Waals surface area contributed by atoms with E-state index in [-0.39, 0.29) is 5.91 Å². The van der Waals surface area contributed by atoms with Crippen LogP contribution >= 0.6 is 11.6 Å². The summed E-state index contributed by atoms with van der Waals surface area (Å²) in [6, 6.07) is 19.2. The number of aromatic nitrogens is 4. The average molecular weight is 448 g/mol. The number of halogens is 1. The lowest BCUT2D eigenvalue weighted by atomic mass is 10.1. The molecule has 0 bridgehead atoms. The Morgan fingerprint density at radius 3 is 2.50 bits per heavy atom. The van der Waals surface area contributed by atoms with Gasteiger partial charge in [0.25, 0.3) is 5.78 Å². The maximum atomic E-state index is 12.4. The highest BCUT2D eigenvalue weighted by atomic mass is 35.5. The molecule has 0 spiro atoms. The molecule has 4 aromatic rings. The van der Waals surface area contributed by atoms with Gasteiger partial charge in [0.1, 0.15) is 12.1 Å². The fourth-order valence-electron chi connectivity index (χ4n) is 3.85. The van der Waals surface area contributed by atoms with Crippen LogP contribution < -0.4 is 10.2 Å². The minimum atomic E-state index is -0.0327. The van der Waals surface area contributed by atoms with Crippen LogP contribution in [0.2, 0.25) is 5.02 Å². The van der Waals surface area contributed by atoms with Gasteiger partial charge < -0.3 is 10.2 Å². The standard InChI is InChI=1S/C23H22ClN7O/c24-18-6-8-19(9-7-18)27-21(32)15-29-10-12-30(13-11-29)22-14-20(17-4-2-1-3-5-17)28-23-25-16-26-31(22)23/h1-9,14,16H,10-13,15H2,(H,27,32). The van der Waals surface area contributed by atoms with Crippen LogP contribution in [0.5, 0.6) is 0 Å². The van der Waals surface area contributed by atoms with Gasteiger partial charge in [-0.05, 0) is 24.3 Å². The van der Waals surface area contributed by atoms with Gasteiger partial charge in [-0.25, -0.2) is 4.98 Å².